The molecule has 1 aliphatic rings. The van der Waals surface area contributed by atoms with E-state index in [1.54, 1.807) is 22.8 Å². The number of aryl methyl sites for hydroxylation is 1. The predicted molar refractivity (Wildman–Crippen MR) is 129 cm³/mol. The molecule has 2 aromatic heterocycles. The van der Waals surface area contributed by atoms with Gasteiger partial charge in [0.25, 0.3) is 0 Å². The number of allylic oxidation sites excluding steroid dienone is 1. The number of nitrogens with one attached hydrogen (secondary N) is 1. The Morgan fingerprint density at radius 2 is 2.06 bits per heavy atom. The summed E-state index contributed by atoms with van der Waals surface area (Å²) < 4.78 is 35.9. The Hall–Kier alpha value is -3.25. The molecule has 0 unspecified atom stereocenters. The molecular weight excluding hydrogens is 498 g/mol. The third-order valence-electron chi connectivity index (χ3n) is 5.26. The summed E-state index contributed by atoms with van der Waals surface area (Å²) in [6, 6.07) is 6.05. The van der Waals surface area contributed by atoms with Crippen LogP contribution in [0.3, 0.4) is 0 Å². The minimum Gasteiger partial charge on any atom is -0.465 e. The van der Waals surface area contributed by atoms with Crippen molar-refractivity contribution in [3.05, 3.63) is 52.9 Å². The van der Waals surface area contributed by atoms with Crippen molar-refractivity contribution in [1.29, 1.82) is 0 Å². The van der Waals surface area contributed by atoms with Crippen molar-refractivity contribution in [3.8, 4) is 17.1 Å². The number of anilines is 1. The second-order valence-corrected chi connectivity index (χ2v) is 9.55. The number of alkyl halides is 2. The van der Waals surface area contributed by atoms with Crippen LogP contribution in [-0.2, 0) is 28.9 Å². The Kier molecular flexibility index (Phi) is 7.81. The number of halogens is 2. The molecule has 8 nitrogen and oxygen atoms in total. The minimum absolute atomic E-state index is 0.0377. The van der Waals surface area contributed by atoms with Crippen LogP contribution in [0.5, 0.6) is 5.75 Å². The molecular formula is C23H22F2N4O4S2. The first-order chi connectivity index (χ1) is 16.9. The number of ether oxygens (including phenoxy) is 2. The number of thioether (sulfide) groups is 1. The molecule has 0 aliphatic heterocycles. The monoisotopic (exact) mass is 520 g/mol. The maximum Gasteiger partial charge on any atom is 0.387 e. The largest absolute Gasteiger partial charge is 0.465 e. The van der Waals surface area contributed by atoms with Gasteiger partial charge in [0.05, 0.1) is 18.4 Å². The van der Waals surface area contributed by atoms with E-state index in [1.807, 2.05) is 0 Å². The molecule has 0 bridgehead atoms. The van der Waals surface area contributed by atoms with Crippen LogP contribution < -0.4 is 10.1 Å². The van der Waals surface area contributed by atoms with Crippen molar-refractivity contribution < 1.29 is 27.8 Å². The van der Waals surface area contributed by atoms with Gasteiger partial charge in [0.2, 0.25) is 5.91 Å². The van der Waals surface area contributed by atoms with Gasteiger partial charge >= 0.3 is 12.6 Å². The van der Waals surface area contributed by atoms with Gasteiger partial charge in [0, 0.05) is 17.0 Å². The lowest BCUT2D eigenvalue weighted by Crippen LogP contribution is -2.16. The molecule has 0 spiro atoms. The van der Waals surface area contributed by atoms with Gasteiger partial charge in [-0.3, -0.25) is 9.36 Å². The molecule has 35 heavy (non-hydrogen) atoms. The first kappa shape index (κ1) is 24.9. The fraction of sp³-hybridized carbons (Fsp3) is 0.304. The van der Waals surface area contributed by atoms with E-state index in [0.29, 0.717) is 33.7 Å². The van der Waals surface area contributed by atoms with Crippen LogP contribution in [0.2, 0.25) is 0 Å². The Labute approximate surface area is 208 Å². The third kappa shape index (κ3) is 5.54. The lowest BCUT2D eigenvalue weighted by Gasteiger charge is -2.09. The average molecular weight is 521 g/mol. The van der Waals surface area contributed by atoms with Crippen LogP contribution in [-0.4, -0.2) is 46.1 Å². The lowest BCUT2D eigenvalue weighted by atomic mass is 10.1. The number of rotatable bonds is 10. The molecule has 0 atom stereocenters. The molecule has 184 valence electrons. The highest BCUT2D eigenvalue weighted by atomic mass is 32.2. The van der Waals surface area contributed by atoms with Gasteiger partial charge in [0.15, 0.2) is 11.0 Å². The molecule has 1 aromatic carbocycles. The summed E-state index contributed by atoms with van der Waals surface area (Å²) in [5, 5.41) is 12.2. The molecule has 4 rings (SSSR count). The molecule has 12 heteroatoms. The second-order valence-electron chi connectivity index (χ2n) is 7.50. The molecule has 0 saturated carbocycles. The molecule has 1 N–H and O–H groups in total. The van der Waals surface area contributed by atoms with Gasteiger partial charge in [-0.1, -0.05) is 17.8 Å². The van der Waals surface area contributed by atoms with E-state index >= 15 is 0 Å². The second kappa shape index (κ2) is 11.0. The SMILES string of the molecule is C=CCn1c(SCC(=O)Nc2sc3c(c2C(=O)OC)CCC3)nnc1-c1ccc(OC(F)F)cc1. The van der Waals surface area contributed by atoms with Crippen molar-refractivity contribution in [2.45, 2.75) is 37.6 Å². The summed E-state index contributed by atoms with van der Waals surface area (Å²) in [5.74, 6) is -0.162. The number of methoxy groups -OCH3 is 1. The molecule has 3 aromatic rings. The molecule has 0 fully saturated rings. The summed E-state index contributed by atoms with van der Waals surface area (Å²) in [7, 11) is 1.33. The Morgan fingerprint density at radius 1 is 1.29 bits per heavy atom. The molecule has 2 heterocycles. The third-order valence-corrected chi connectivity index (χ3v) is 7.44. The summed E-state index contributed by atoms with van der Waals surface area (Å²) in [6.45, 7) is 1.23. The van der Waals surface area contributed by atoms with Gasteiger partial charge in [-0.15, -0.1) is 28.1 Å². The van der Waals surface area contributed by atoms with E-state index in [4.69, 9.17) is 4.74 Å². The van der Waals surface area contributed by atoms with Crippen molar-refractivity contribution in [3.63, 3.8) is 0 Å². The van der Waals surface area contributed by atoms with Crippen LogP contribution >= 0.6 is 23.1 Å². The quantitative estimate of drug-likeness (QED) is 0.233. The lowest BCUT2D eigenvalue weighted by molar-refractivity contribution is -0.113. The summed E-state index contributed by atoms with van der Waals surface area (Å²) in [6.07, 6.45) is 4.33. The minimum atomic E-state index is -2.90. The van der Waals surface area contributed by atoms with E-state index in [-0.39, 0.29) is 17.4 Å². The van der Waals surface area contributed by atoms with E-state index in [2.05, 4.69) is 26.8 Å². The zero-order valence-corrected chi connectivity index (χ0v) is 20.4. The highest BCUT2D eigenvalue weighted by Crippen LogP contribution is 2.39. The predicted octanol–water partition coefficient (Wildman–Crippen LogP) is 4.80. The topological polar surface area (TPSA) is 95.3 Å². The normalized spacial score (nSPS) is 12.5. The van der Waals surface area contributed by atoms with Crippen LogP contribution in [0.25, 0.3) is 11.4 Å². The van der Waals surface area contributed by atoms with Crippen molar-refractivity contribution in [2.75, 3.05) is 18.2 Å². The zero-order valence-electron chi connectivity index (χ0n) is 18.8. The summed E-state index contributed by atoms with van der Waals surface area (Å²) >= 11 is 2.60. The number of thiophene rings is 1. The smallest absolute Gasteiger partial charge is 0.387 e. The van der Waals surface area contributed by atoms with Crippen LogP contribution in [0.15, 0.2) is 42.1 Å². The van der Waals surface area contributed by atoms with Crippen LogP contribution in [0.1, 0.15) is 27.2 Å². The van der Waals surface area contributed by atoms with Gasteiger partial charge in [-0.2, -0.15) is 8.78 Å². The van der Waals surface area contributed by atoms with Crippen molar-refractivity contribution >= 4 is 40.0 Å². The van der Waals surface area contributed by atoms with Gasteiger partial charge in [-0.25, -0.2) is 4.79 Å². The summed E-state index contributed by atoms with van der Waals surface area (Å²) in [5.41, 5.74) is 2.05. The van der Waals surface area contributed by atoms with Crippen molar-refractivity contribution in [1.82, 2.24) is 14.8 Å². The Morgan fingerprint density at radius 3 is 2.74 bits per heavy atom. The molecule has 1 aliphatic carbocycles. The number of hydrogen-bond acceptors (Lipinski definition) is 8. The number of carbonyl (C=O) groups is 2. The number of hydrogen-bond donors (Lipinski definition) is 1. The number of esters is 1. The van der Waals surface area contributed by atoms with Crippen LogP contribution in [0.4, 0.5) is 13.8 Å². The van der Waals surface area contributed by atoms with Gasteiger partial charge in [-0.05, 0) is 49.1 Å². The van der Waals surface area contributed by atoms with Crippen LogP contribution in [0, 0.1) is 0 Å². The number of carbonyl (C=O) groups excluding carboxylic acids is 2. The standard InChI is InChI=1S/C23H22F2N4O4S2/c1-3-11-29-19(13-7-9-14(10-8-13)33-22(24)25)27-28-23(29)34-12-17(30)26-20-18(21(31)32-2)15-5-4-6-16(15)35-20/h3,7-10,22H,1,4-6,11-12H2,2H3,(H,26,30). The highest BCUT2D eigenvalue weighted by molar-refractivity contribution is 7.99. The van der Waals surface area contributed by atoms with Gasteiger partial charge in [0.1, 0.15) is 10.8 Å². The first-order valence-corrected chi connectivity index (χ1v) is 12.5. The molecule has 0 radical (unpaired) electrons. The number of amides is 1. The van der Waals surface area contributed by atoms with E-state index in [9.17, 15) is 18.4 Å². The maximum atomic E-state index is 12.7. The first-order valence-electron chi connectivity index (χ1n) is 10.7. The average Bonchev–Trinajstić information content (AvgIpc) is 3.52. The maximum absolute atomic E-state index is 12.7. The fourth-order valence-electron chi connectivity index (χ4n) is 3.79. The van der Waals surface area contributed by atoms with E-state index < -0.39 is 12.6 Å². The molecule has 0 saturated heterocycles. The number of fused-ring (bicyclic) bond motifs is 1. The zero-order chi connectivity index (χ0) is 24.9. The highest BCUT2D eigenvalue weighted by Gasteiger charge is 2.28. The van der Waals surface area contributed by atoms with E-state index in [1.165, 1.54) is 42.3 Å². The fourth-order valence-corrected chi connectivity index (χ4v) is 5.83. The van der Waals surface area contributed by atoms with Crippen molar-refractivity contribution in [2.24, 2.45) is 0 Å². The Balaban J connectivity index is 1.47. The number of benzene rings is 1. The van der Waals surface area contributed by atoms with E-state index in [0.717, 1.165) is 29.7 Å². The Bertz CT molecular complexity index is 1240. The number of nitrogens with zero attached hydrogens (tertiary/aromatic N) is 3. The van der Waals surface area contributed by atoms with Gasteiger partial charge < -0.3 is 14.8 Å². The summed E-state index contributed by atoms with van der Waals surface area (Å²) in [4.78, 5) is 26.1. The number of aromatic nitrogens is 3. The molecule has 1 amide bonds.